The van der Waals surface area contributed by atoms with Crippen molar-refractivity contribution in [3.05, 3.63) is 71.8 Å². The lowest BCUT2D eigenvalue weighted by Crippen LogP contribution is -1.96. The van der Waals surface area contributed by atoms with Crippen molar-refractivity contribution in [2.45, 2.75) is 40.5 Å². The third kappa shape index (κ3) is 3.92. The third-order valence-electron chi connectivity index (χ3n) is 4.09. The molecule has 1 heteroatoms. The molecular weight excluding hydrogens is 280 g/mol. The first-order valence-corrected chi connectivity index (χ1v) is 8.21. The van der Waals surface area contributed by atoms with Gasteiger partial charge in [-0.25, -0.2) is 0 Å². The fourth-order valence-electron chi connectivity index (χ4n) is 2.56. The molecule has 23 heavy (non-hydrogen) atoms. The lowest BCUT2D eigenvalue weighted by molar-refractivity contribution is 0.471. The quantitative estimate of drug-likeness (QED) is 0.579. The molecule has 0 fully saturated rings. The highest BCUT2D eigenvalue weighted by Gasteiger charge is 2.09. The highest BCUT2D eigenvalue weighted by molar-refractivity contribution is 5.65. The van der Waals surface area contributed by atoms with Crippen molar-refractivity contribution in [1.29, 1.82) is 0 Å². The zero-order chi connectivity index (χ0) is 17.0. The monoisotopic (exact) mass is 306 g/mol. The summed E-state index contributed by atoms with van der Waals surface area (Å²) in [6.07, 6.45) is 1.86. The maximum Gasteiger partial charge on any atom is 0.130 e. The molecule has 0 radical (unpaired) electrons. The van der Waals surface area contributed by atoms with Gasteiger partial charge in [-0.2, -0.15) is 0 Å². The third-order valence-corrected chi connectivity index (χ3v) is 4.09. The van der Waals surface area contributed by atoms with Gasteiger partial charge in [0.25, 0.3) is 0 Å². The molecule has 0 saturated carbocycles. The van der Waals surface area contributed by atoms with Crippen LogP contribution in [0.4, 0.5) is 0 Å². The van der Waals surface area contributed by atoms with Gasteiger partial charge in [-0.15, -0.1) is 0 Å². The molecule has 0 bridgehead atoms. The number of aryl methyl sites for hydroxylation is 2. The van der Waals surface area contributed by atoms with Crippen LogP contribution in [-0.4, -0.2) is 0 Å². The first-order chi connectivity index (χ1) is 11.0. The number of hydrogen-bond acceptors (Lipinski definition) is 1. The van der Waals surface area contributed by atoms with Gasteiger partial charge in [-0.3, -0.25) is 0 Å². The summed E-state index contributed by atoms with van der Waals surface area (Å²) < 4.78 is 6.23. The average molecular weight is 306 g/mol. The standard InChI is InChI=1S/C22H26O/c1-7-17-13-19(15(3)4)9-11-21(17)23-22-12-10-20(16(5)6)14-18(22)8-2/h9-14H,3,5,7-8H2,1-2,4,6H3. The molecule has 0 aromatic heterocycles. The van der Waals surface area contributed by atoms with Crippen LogP contribution in [0.1, 0.15) is 49.9 Å². The van der Waals surface area contributed by atoms with Crippen LogP contribution in [-0.2, 0) is 12.8 Å². The summed E-state index contributed by atoms with van der Waals surface area (Å²) in [6, 6.07) is 12.6. The Labute approximate surface area is 140 Å². The SMILES string of the molecule is C=C(C)c1ccc(Oc2ccc(C(=C)C)cc2CC)c(CC)c1. The minimum absolute atomic E-state index is 0.926. The van der Waals surface area contributed by atoms with E-state index in [-0.39, 0.29) is 0 Å². The van der Waals surface area contributed by atoms with E-state index in [4.69, 9.17) is 4.74 Å². The Bertz CT molecular complexity index is 674. The van der Waals surface area contributed by atoms with E-state index in [1.165, 1.54) is 22.3 Å². The normalized spacial score (nSPS) is 10.4. The highest BCUT2D eigenvalue weighted by Crippen LogP contribution is 2.32. The van der Waals surface area contributed by atoms with Gasteiger partial charge in [-0.05, 0) is 73.2 Å². The molecule has 2 aromatic rings. The van der Waals surface area contributed by atoms with Crippen LogP contribution in [0, 0.1) is 0 Å². The molecule has 0 aliphatic rings. The number of ether oxygens (including phenoxy) is 1. The van der Waals surface area contributed by atoms with Gasteiger partial charge in [0, 0.05) is 0 Å². The zero-order valence-electron chi connectivity index (χ0n) is 14.7. The molecule has 0 spiro atoms. The van der Waals surface area contributed by atoms with Crippen LogP contribution in [0.5, 0.6) is 11.5 Å². The molecule has 0 N–H and O–H groups in total. The summed E-state index contributed by atoms with van der Waals surface area (Å²) in [5, 5.41) is 0. The van der Waals surface area contributed by atoms with E-state index < -0.39 is 0 Å². The van der Waals surface area contributed by atoms with Gasteiger partial charge in [0.05, 0.1) is 0 Å². The van der Waals surface area contributed by atoms with Crippen LogP contribution in [0.2, 0.25) is 0 Å². The Morgan fingerprint density at radius 2 is 1.17 bits per heavy atom. The van der Waals surface area contributed by atoms with Crippen molar-refractivity contribution in [2.75, 3.05) is 0 Å². The van der Waals surface area contributed by atoms with Crippen LogP contribution >= 0.6 is 0 Å². The maximum atomic E-state index is 6.23. The van der Waals surface area contributed by atoms with E-state index in [0.29, 0.717) is 0 Å². The van der Waals surface area contributed by atoms with E-state index in [2.05, 4.69) is 63.4 Å². The second-order valence-corrected chi connectivity index (χ2v) is 6.01. The predicted molar refractivity (Wildman–Crippen MR) is 101 cm³/mol. The minimum Gasteiger partial charge on any atom is -0.457 e. The number of allylic oxidation sites excluding steroid dienone is 2. The molecular formula is C22H26O. The molecule has 1 nitrogen and oxygen atoms in total. The maximum absolute atomic E-state index is 6.23. The van der Waals surface area contributed by atoms with Crippen LogP contribution < -0.4 is 4.74 Å². The van der Waals surface area contributed by atoms with Crippen LogP contribution in [0.3, 0.4) is 0 Å². The Kier molecular flexibility index (Phi) is 5.44. The van der Waals surface area contributed by atoms with Gasteiger partial charge >= 0.3 is 0 Å². The molecule has 0 saturated heterocycles. The summed E-state index contributed by atoms with van der Waals surface area (Å²) in [6.45, 7) is 16.4. The second-order valence-electron chi connectivity index (χ2n) is 6.01. The summed E-state index contributed by atoms with van der Waals surface area (Å²) >= 11 is 0. The summed E-state index contributed by atoms with van der Waals surface area (Å²) in [5.74, 6) is 1.85. The first-order valence-electron chi connectivity index (χ1n) is 8.21. The number of hydrogen-bond donors (Lipinski definition) is 0. The topological polar surface area (TPSA) is 9.23 Å². The predicted octanol–water partition coefficient (Wildman–Crippen LogP) is 6.67. The van der Waals surface area contributed by atoms with Crippen molar-refractivity contribution < 1.29 is 4.74 Å². The average Bonchev–Trinajstić information content (AvgIpc) is 2.55. The van der Waals surface area contributed by atoms with Gasteiger partial charge in [0.1, 0.15) is 11.5 Å². The van der Waals surface area contributed by atoms with E-state index in [9.17, 15) is 0 Å². The Morgan fingerprint density at radius 3 is 1.48 bits per heavy atom. The van der Waals surface area contributed by atoms with Crippen molar-refractivity contribution in [3.63, 3.8) is 0 Å². The fraction of sp³-hybridized carbons (Fsp3) is 0.273. The van der Waals surface area contributed by atoms with Crippen molar-refractivity contribution in [2.24, 2.45) is 0 Å². The van der Waals surface area contributed by atoms with E-state index in [1.807, 2.05) is 13.8 Å². The lowest BCUT2D eigenvalue weighted by atomic mass is 10.0. The molecule has 0 amide bonds. The molecule has 120 valence electrons. The first kappa shape index (κ1) is 17.1. The molecule has 2 rings (SSSR count). The number of benzene rings is 2. The summed E-state index contributed by atoms with van der Waals surface area (Å²) in [4.78, 5) is 0. The van der Waals surface area contributed by atoms with E-state index in [0.717, 1.165) is 35.5 Å². The van der Waals surface area contributed by atoms with Crippen molar-refractivity contribution >= 4 is 11.1 Å². The highest BCUT2D eigenvalue weighted by atomic mass is 16.5. The Morgan fingerprint density at radius 1 is 0.783 bits per heavy atom. The van der Waals surface area contributed by atoms with Gasteiger partial charge in [-0.1, -0.05) is 50.3 Å². The zero-order valence-corrected chi connectivity index (χ0v) is 14.7. The summed E-state index contributed by atoms with van der Waals surface area (Å²) in [7, 11) is 0. The fourth-order valence-corrected chi connectivity index (χ4v) is 2.56. The summed E-state index contributed by atoms with van der Waals surface area (Å²) in [5.41, 5.74) is 6.90. The smallest absolute Gasteiger partial charge is 0.130 e. The van der Waals surface area contributed by atoms with E-state index >= 15 is 0 Å². The molecule has 0 atom stereocenters. The van der Waals surface area contributed by atoms with E-state index in [1.54, 1.807) is 0 Å². The van der Waals surface area contributed by atoms with Crippen LogP contribution in [0.25, 0.3) is 11.1 Å². The molecule has 0 unspecified atom stereocenters. The molecule has 0 heterocycles. The lowest BCUT2D eigenvalue weighted by Gasteiger charge is -2.15. The molecule has 0 aliphatic heterocycles. The van der Waals surface area contributed by atoms with Gasteiger partial charge in [0.2, 0.25) is 0 Å². The molecule has 0 aliphatic carbocycles. The van der Waals surface area contributed by atoms with Gasteiger partial charge in [0.15, 0.2) is 0 Å². The van der Waals surface area contributed by atoms with Gasteiger partial charge < -0.3 is 4.74 Å². The number of rotatable bonds is 6. The largest absolute Gasteiger partial charge is 0.457 e. The second kappa shape index (κ2) is 7.32. The van der Waals surface area contributed by atoms with Crippen molar-refractivity contribution in [1.82, 2.24) is 0 Å². The molecule has 2 aromatic carbocycles. The Hall–Kier alpha value is -2.28. The minimum atomic E-state index is 0.926. The Balaban J connectivity index is 2.39. The van der Waals surface area contributed by atoms with Crippen LogP contribution in [0.15, 0.2) is 49.6 Å². The van der Waals surface area contributed by atoms with Crippen molar-refractivity contribution in [3.8, 4) is 11.5 Å².